The van der Waals surface area contributed by atoms with Crippen LogP contribution in [0.4, 0.5) is 5.69 Å². The maximum absolute atomic E-state index is 13.5. The molecule has 0 atom stereocenters. The Morgan fingerprint density at radius 1 is 1.00 bits per heavy atom. The van der Waals surface area contributed by atoms with E-state index in [9.17, 15) is 13.2 Å². The molecule has 0 saturated carbocycles. The van der Waals surface area contributed by atoms with Gasteiger partial charge in [-0.3, -0.25) is 9.52 Å². The molecule has 33 heavy (non-hydrogen) atoms. The van der Waals surface area contributed by atoms with E-state index in [1.807, 2.05) is 48.5 Å². The van der Waals surface area contributed by atoms with Crippen molar-refractivity contribution in [2.75, 3.05) is 11.8 Å². The minimum absolute atomic E-state index is 0.192. The largest absolute Gasteiger partial charge is 0.335 e. The summed E-state index contributed by atoms with van der Waals surface area (Å²) in [7, 11) is -2.11. The first kappa shape index (κ1) is 21.6. The van der Waals surface area contributed by atoms with E-state index in [1.54, 1.807) is 35.5 Å². The third-order valence-corrected chi connectivity index (χ3v) is 8.96. The molecule has 3 aromatic carbocycles. The van der Waals surface area contributed by atoms with Gasteiger partial charge < -0.3 is 4.90 Å². The molecule has 5 aromatic rings. The SMILES string of the molecule is CN(Cc1nc2ccccc2s1)C(=O)c1cc2ccccc2cc1NS(=O)(=O)c1cccs1. The third-order valence-electron chi connectivity index (χ3n) is 5.18. The zero-order valence-electron chi connectivity index (χ0n) is 17.6. The molecule has 1 N–H and O–H groups in total. The number of para-hydroxylation sites is 1. The van der Waals surface area contributed by atoms with Gasteiger partial charge in [0.1, 0.15) is 9.22 Å². The lowest BCUT2D eigenvalue weighted by atomic mass is 10.0. The second-order valence-corrected chi connectivity index (χ2v) is 11.5. The van der Waals surface area contributed by atoms with Crippen LogP contribution in [0.1, 0.15) is 15.4 Å². The van der Waals surface area contributed by atoms with Crippen molar-refractivity contribution in [1.29, 1.82) is 0 Å². The average Bonchev–Trinajstić information content (AvgIpc) is 3.48. The van der Waals surface area contributed by atoms with Crippen LogP contribution >= 0.6 is 22.7 Å². The summed E-state index contributed by atoms with van der Waals surface area (Å²) in [6, 6.07) is 22.0. The Balaban J connectivity index is 1.51. The topological polar surface area (TPSA) is 79.4 Å². The van der Waals surface area contributed by atoms with E-state index in [1.165, 1.54) is 17.4 Å². The number of fused-ring (bicyclic) bond motifs is 2. The van der Waals surface area contributed by atoms with Crippen LogP contribution in [0.25, 0.3) is 21.0 Å². The van der Waals surface area contributed by atoms with Crippen molar-refractivity contribution in [3.05, 3.63) is 88.7 Å². The van der Waals surface area contributed by atoms with Crippen molar-refractivity contribution < 1.29 is 13.2 Å². The number of anilines is 1. The number of carbonyl (C=O) groups is 1. The summed E-state index contributed by atoms with van der Waals surface area (Å²) in [5, 5.41) is 4.21. The number of amides is 1. The first-order chi connectivity index (χ1) is 15.9. The summed E-state index contributed by atoms with van der Waals surface area (Å²) < 4.78 is 29.7. The number of carbonyl (C=O) groups excluding carboxylic acids is 1. The number of thiazole rings is 1. The van der Waals surface area contributed by atoms with Gasteiger partial charge >= 0.3 is 0 Å². The van der Waals surface area contributed by atoms with Crippen LogP contribution < -0.4 is 4.72 Å². The zero-order chi connectivity index (χ0) is 23.0. The van der Waals surface area contributed by atoms with Crippen LogP contribution in [0.3, 0.4) is 0 Å². The van der Waals surface area contributed by atoms with Crippen LogP contribution in [-0.2, 0) is 16.6 Å². The van der Waals surface area contributed by atoms with E-state index in [0.29, 0.717) is 6.54 Å². The first-order valence-corrected chi connectivity index (χ1v) is 13.3. The van der Waals surface area contributed by atoms with Crippen molar-refractivity contribution in [2.24, 2.45) is 0 Å². The number of nitrogens with one attached hydrogen (secondary N) is 1. The van der Waals surface area contributed by atoms with Gasteiger partial charge in [-0.2, -0.15) is 0 Å². The summed E-state index contributed by atoms with van der Waals surface area (Å²) in [5.74, 6) is -0.288. The van der Waals surface area contributed by atoms with Crippen LogP contribution in [0, 0.1) is 0 Å². The lowest BCUT2D eigenvalue weighted by Crippen LogP contribution is -2.27. The van der Waals surface area contributed by atoms with Crippen LogP contribution in [-0.4, -0.2) is 31.3 Å². The summed E-state index contributed by atoms with van der Waals surface area (Å²) in [5.41, 5.74) is 1.44. The molecule has 0 fully saturated rings. The van der Waals surface area contributed by atoms with Gasteiger partial charge in [-0.1, -0.05) is 42.5 Å². The van der Waals surface area contributed by atoms with Gasteiger partial charge in [0.2, 0.25) is 0 Å². The minimum Gasteiger partial charge on any atom is -0.335 e. The van der Waals surface area contributed by atoms with E-state index < -0.39 is 10.0 Å². The van der Waals surface area contributed by atoms with Gasteiger partial charge in [0.05, 0.1) is 28.0 Å². The fourth-order valence-electron chi connectivity index (χ4n) is 3.58. The van der Waals surface area contributed by atoms with Crippen molar-refractivity contribution in [3.63, 3.8) is 0 Å². The van der Waals surface area contributed by atoms with Gasteiger partial charge in [-0.15, -0.1) is 22.7 Å². The Morgan fingerprint density at radius 2 is 1.73 bits per heavy atom. The smallest absolute Gasteiger partial charge is 0.271 e. The Kier molecular flexibility index (Phi) is 5.61. The highest BCUT2D eigenvalue weighted by Gasteiger charge is 2.23. The van der Waals surface area contributed by atoms with Crippen molar-refractivity contribution in [3.8, 4) is 0 Å². The number of nitrogens with zero attached hydrogens (tertiary/aromatic N) is 2. The summed E-state index contributed by atoms with van der Waals surface area (Å²) >= 11 is 2.66. The number of aromatic nitrogens is 1. The highest BCUT2D eigenvalue weighted by Crippen LogP contribution is 2.29. The fraction of sp³-hybridized carbons (Fsp3) is 0.0833. The minimum atomic E-state index is -3.81. The Bertz CT molecular complexity index is 1540. The molecule has 2 heterocycles. The number of hydrogen-bond acceptors (Lipinski definition) is 6. The molecule has 0 saturated heterocycles. The standard InChI is InChI=1S/C24H19N3O3S3/c1-27(15-22-25-19-9-4-5-10-21(19)32-22)24(28)18-13-16-7-2-3-8-17(16)14-20(18)26-33(29,30)23-11-6-12-31-23/h2-14,26H,15H2,1H3. The highest BCUT2D eigenvalue weighted by molar-refractivity contribution is 7.94. The molecule has 0 radical (unpaired) electrons. The number of thiophene rings is 1. The average molecular weight is 494 g/mol. The molecule has 0 spiro atoms. The molecule has 0 aliphatic carbocycles. The second-order valence-electron chi connectivity index (χ2n) is 7.52. The maximum Gasteiger partial charge on any atom is 0.271 e. The van der Waals surface area contributed by atoms with E-state index >= 15 is 0 Å². The molecule has 0 aliphatic heterocycles. The molecular formula is C24H19N3O3S3. The summed E-state index contributed by atoms with van der Waals surface area (Å²) in [6.45, 7) is 0.322. The normalized spacial score (nSPS) is 11.7. The number of hydrogen-bond donors (Lipinski definition) is 1. The van der Waals surface area contributed by atoms with Gasteiger partial charge in [-0.25, -0.2) is 13.4 Å². The monoisotopic (exact) mass is 493 g/mol. The lowest BCUT2D eigenvalue weighted by Gasteiger charge is -2.19. The molecule has 0 bridgehead atoms. The predicted octanol–water partition coefficient (Wildman–Crippen LogP) is 5.58. The Labute approximate surface area is 199 Å². The molecule has 1 amide bonds. The molecule has 0 unspecified atom stereocenters. The number of benzene rings is 3. The van der Waals surface area contributed by atoms with Gasteiger partial charge in [0.15, 0.2) is 0 Å². The van der Waals surface area contributed by atoms with Crippen molar-refractivity contribution >= 4 is 65.3 Å². The second kappa shape index (κ2) is 8.58. The van der Waals surface area contributed by atoms with Gasteiger partial charge in [0, 0.05) is 7.05 Å². The Hall–Kier alpha value is -3.27. The van der Waals surface area contributed by atoms with Gasteiger partial charge in [0.25, 0.3) is 15.9 Å². The summed E-state index contributed by atoms with van der Waals surface area (Å²) in [6.07, 6.45) is 0. The molecule has 166 valence electrons. The van der Waals surface area contributed by atoms with Crippen LogP contribution in [0.15, 0.2) is 82.4 Å². The summed E-state index contributed by atoms with van der Waals surface area (Å²) in [4.78, 5) is 19.6. The maximum atomic E-state index is 13.5. The quantitative estimate of drug-likeness (QED) is 0.335. The predicted molar refractivity (Wildman–Crippen MR) is 134 cm³/mol. The molecule has 9 heteroatoms. The highest BCUT2D eigenvalue weighted by atomic mass is 32.2. The van der Waals surface area contributed by atoms with Crippen LogP contribution in [0.2, 0.25) is 0 Å². The van der Waals surface area contributed by atoms with E-state index in [-0.39, 0.29) is 21.4 Å². The van der Waals surface area contributed by atoms with E-state index in [2.05, 4.69) is 9.71 Å². The number of sulfonamides is 1. The first-order valence-electron chi connectivity index (χ1n) is 10.1. The van der Waals surface area contributed by atoms with Crippen molar-refractivity contribution in [1.82, 2.24) is 9.88 Å². The molecule has 0 aliphatic rings. The number of rotatable bonds is 6. The van der Waals surface area contributed by atoms with E-state index in [4.69, 9.17) is 0 Å². The third kappa shape index (κ3) is 4.35. The Morgan fingerprint density at radius 3 is 2.45 bits per heavy atom. The molecule has 2 aromatic heterocycles. The van der Waals surface area contributed by atoms with Gasteiger partial charge in [-0.05, 0) is 46.5 Å². The van der Waals surface area contributed by atoms with E-state index in [0.717, 1.165) is 37.3 Å². The fourth-order valence-corrected chi connectivity index (χ4v) is 6.67. The zero-order valence-corrected chi connectivity index (χ0v) is 20.0. The molecule has 5 rings (SSSR count). The molecule has 6 nitrogen and oxygen atoms in total. The van der Waals surface area contributed by atoms with Crippen LogP contribution in [0.5, 0.6) is 0 Å². The molecular weight excluding hydrogens is 474 g/mol. The van der Waals surface area contributed by atoms with Crippen molar-refractivity contribution in [2.45, 2.75) is 10.8 Å². The lowest BCUT2D eigenvalue weighted by molar-refractivity contribution is 0.0786.